The second-order valence-corrected chi connectivity index (χ2v) is 7.83. The predicted octanol–water partition coefficient (Wildman–Crippen LogP) is 7.84. The predicted molar refractivity (Wildman–Crippen MR) is 116 cm³/mol. The maximum atomic E-state index is 4.35. The van der Waals surface area contributed by atoms with Crippen LogP contribution in [0.4, 0.5) is 0 Å². The van der Waals surface area contributed by atoms with E-state index in [0.29, 0.717) is 11.8 Å². The highest BCUT2D eigenvalue weighted by molar-refractivity contribution is 5.27. The van der Waals surface area contributed by atoms with Gasteiger partial charge in [-0.25, -0.2) is 0 Å². The van der Waals surface area contributed by atoms with Gasteiger partial charge in [0.05, 0.1) is 0 Å². The van der Waals surface area contributed by atoms with Gasteiger partial charge in [0.25, 0.3) is 0 Å². The fourth-order valence-corrected chi connectivity index (χ4v) is 3.99. The van der Waals surface area contributed by atoms with Crippen LogP contribution in [0.2, 0.25) is 0 Å². The van der Waals surface area contributed by atoms with Gasteiger partial charge in [-0.05, 0) is 62.3 Å². The topological polar surface area (TPSA) is 0 Å². The maximum absolute atomic E-state index is 4.35. The Balaban J connectivity index is 1.79. The summed E-state index contributed by atoms with van der Waals surface area (Å²) in [4.78, 5) is 0. The van der Waals surface area contributed by atoms with Crippen LogP contribution in [0, 0.1) is 11.8 Å². The van der Waals surface area contributed by atoms with Crippen molar-refractivity contribution in [2.24, 2.45) is 11.8 Å². The number of unbranched alkanes of at least 4 members (excludes halogenated alkanes) is 2. The summed E-state index contributed by atoms with van der Waals surface area (Å²) in [6, 6.07) is 10.7. The molecule has 0 radical (unpaired) electrons. The molecule has 0 heterocycles. The van der Waals surface area contributed by atoms with E-state index in [1.807, 2.05) is 0 Å². The largest absolute Gasteiger partial charge is 0.0998 e. The molecule has 0 aromatic heterocycles. The molecule has 140 valence electrons. The summed E-state index contributed by atoms with van der Waals surface area (Å²) in [6.45, 7) is 15.3. The van der Waals surface area contributed by atoms with Gasteiger partial charge in [-0.3, -0.25) is 0 Å². The third kappa shape index (κ3) is 6.48. The standard InChI is InChI=1S/C26H36/c1-5-6-7-8-12-15-25-22(3)20-23(4)26(25)19-17-21(2)16-18-24-13-10-9-11-14-24/h8-14,25-26H,2-7,15-20H2,1H3/b12-8-/t25-,26-/m0/s1. The summed E-state index contributed by atoms with van der Waals surface area (Å²) >= 11 is 0. The highest BCUT2D eigenvalue weighted by Gasteiger charge is 2.31. The molecule has 1 saturated carbocycles. The van der Waals surface area contributed by atoms with E-state index in [4.69, 9.17) is 0 Å². The average molecular weight is 349 g/mol. The molecule has 0 heteroatoms. The number of aryl methyl sites for hydroxylation is 1. The van der Waals surface area contributed by atoms with Crippen LogP contribution in [0.15, 0.2) is 78.9 Å². The molecular formula is C26H36. The molecule has 0 nitrogen and oxygen atoms in total. The molecule has 0 amide bonds. The molecule has 2 rings (SSSR count). The smallest absolute Gasteiger partial charge is 0.0102 e. The first-order valence-electron chi connectivity index (χ1n) is 10.3. The zero-order chi connectivity index (χ0) is 18.8. The van der Waals surface area contributed by atoms with Gasteiger partial charge in [0.15, 0.2) is 0 Å². The fourth-order valence-electron chi connectivity index (χ4n) is 3.99. The summed E-state index contributed by atoms with van der Waals surface area (Å²) in [5, 5.41) is 0. The molecule has 1 aliphatic rings. The van der Waals surface area contributed by atoms with Gasteiger partial charge < -0.3 is 0 Å². The van der Waals surface area contributed by atoms with Crippen LogP contribution in [-0.2, 0) is 6.42 Å². The van der Waals surface area contributed by atoms with Gasteiger partial charge in [0.2, 0.25) is 0 Å². The van der Waals surface area contributed by atoms with Crippen molar-refractivity contribution in [3.8, 4) is 0 Å². The highest BCUT2D eigenvalue weighted by Crippen LogP contribution is 2.44. The Morgan fingerprint density at radius 3 is 2.50 bits per heavy atom. The molecule has 0 aliphatic heterocycles. The van der Waals surface area contributed by atoms with Crippen molar-refractivity contribution in [1.29, 1.82) is 0 Å². The van der Waals surface area contributed by atoms with E-state index in [-0.39, 0.29) is 0 Å². The van der Waals surface area contributed by atoms with Crippen molar-refractivity contribution in [3.63, 3.8) is 0 Å². The van der Waals surface area contributed by atoms with Crippen LogP contribution in [0.1, 0.15) is 63.9 Å². The van der Waals surface area contributed by atoms with Gasteiger partial charge in [0.1, 0.15) is 0 Å². The van der Waals surface area contributed by atoms with E-state index in [1.54, 1.807) is 0 Å². The van der Waals surface area contributed by atoms with E-state index in [9.17, 15) is 0 Å². The first-order valence-corrected chi connectivity index (χ1v) is 10.3. The minimum Gasteiger partial charge on any atom is -0.0998 e. The first-order chi connectivity index (χ1) is 12.6. The van der Waals surface area contributed by atoms with Crippen LogP contribution < -0.4 is 0 Å². The van der Waals surface area contributed by atoms with Crippen molar-refractivity contribution in [3.05, 3.63) is 84.5 Å². The lowest BCUT2D eigenvalue weighted by Gasteiger charge is -2.20. The summed E-state index contributed by atoms with van der Waals surface area (Å²) < 4.78 is 0. The molecule has 1 aromatic carbocycles. The second kappa shape index (κ2) is 11.0. The van der Waals surface area contributed by atoms with Crippen LogP contribution in [0.3, 0.4) is 0 Å². The number of hydrogen-bond acceptors (Lipinski definition) is 0. The van der Waals surface area contributed by atoms with Crippen LogP contribution in [-0.4, -0.2) is 0 Å². The van der Waals surface area contributed by atoms with E-state index in [1.165, 1.54) is 48.0 Å². The van der Waals surface area contributed by atoms with Crippen LogP contribution in [0.25, 0.3) is 0 Å². The SMILES string of the molecule is C=C(CCc1ccccc1)CC[C@H]1C(=C)CC(=C)[C@@H]1C/C=C\CCCC. The Morgan fingerprint density at radius 2 is 1.77 bits per heavy atom. The average Bonchev–Trinajstić information content (AvgIpc) is 2.91. The Kier molecular flexibility index (Phi) is 8.68. The second-order valence-electron chi connectivity index (χ2n) is 7.83. The number of rotatable bonds is 11. The van der Waals surface area contributed by atoms with Gasteiger partial charge in [-0.2, -0.15) is 0 Å². The van der Waals surface area contributed by atoms with Gasteiger partial charge >= 0.3 is 0 Å². The normalized spacial score (nSPS) is 20.2. The van der Waals surface area contributed by atoms with Crippen LogP contribution in [0.5, 0.6) is 0 Å². The molecular weight excluding hydrogens is 312 g/mol. The van der Waals surface area contributed by atoms with Crippen molar-refractivity contribution in [2.75, 3.05) is 0 Å². The van der Waals surface area contributed by atoms with E-state index in [0.717, 1.165) is 32.1 Å². The summed E-state index contributed by atoms with van der Waals surface area (Å²) in [5.41, 5.74) is 5.55. The molecule has 0 unspecified atom stereocenters. The molecule has 2 atom stereocenters. The third-order valence-electron chi connectivity index (χ3n) is 5.69. The quantitative estimate of drug-likeness (QED) is 0.282. The Labute approximate surface area is 161 Å². The van der Waals surface area contributed by atoms with Crippen LogP contribution >= 0.6 is 0 Å². The van der Waals surface area contributed by atoms with Crippen molar-refractivity contribution < 1.29 is 0 Å². The monoisotopic (exact) mass is 348 g/mol. The van der Waals surface area contributed by atoms with Gasteiger partial charge in [-0.15, -0.1) is 0 Å². The molecule has 0 spiro atoms. The zero-order valence-electron chi connectivity index (χ0n) is 16.7. The first kappa shape index (κ1) is 20.5. The van der Waals surface area contributed by atoms with Crippen molar-refractivity contribution in [2.45, 2.75) is 64.7 Å². The summed E-state index contributed by atoms with van der Waals surface area (Å²) in [6.07, 6.45) is 15.1. The van der Waals surface area contributed by atoms with Crippen molar-refractivity contribution in [1.82, 2.24) is 0 Å². The van der Waals surface area contributed by atoms with E-state index >= 15 is 0 Å². The molecule has 1 aliphatic carbocycles. The van der Waals surface area contributed by atoms with E-state index < -0.39 is 0 Å². The van der Waals surface area contributed by atoms with Crippen molar-refractivity contribution >= 4 is 0 Å². The fraction of sp³-hybridized carbons (Fsp3) is 0.462. The van der Waals surface area contributed by atoms with Gasteiger partial charge in [0, 0.05) is 0 Å². The number of hydrogen-bond donors (Lipinski definition) is 0. The summed E-state index contributed by atoms with van der Waals surface area (Å²) in [5.74, 6) is 1.18. The zero-order valence-corrected chi connectivity index (χ0v) is 16.7. The Bertz CT molecular complexity index is 617. The number of benzene rings is 1. The third-order valence-corrected chi connectivity index (χ3v) is 5.69. The van der Waals surface area contributed by atoms with Gasteiger partial charge in [-0.1, -0.05) is 98.7 Å². The molecule has 0 bridgehead atoms. The van der Waals surface area contributed by atoms with E-state index in [2.05, 4.69) is 69.1 Å². The molecule has 0 saturated heterocycles. The molecule has 26 heavy (non-hydrogen) atoms. The molecule has 1 aromatic rings. The Hall–Kier alpha value is -1.82. The molecule has 1 fully saturated rings. The Morgan fingerprint density at radius 1 is 1.04 bits per heavy atom. The minimum absolute atomic E-state index is 0.585. The lowest BCUT2D eigenvalue weighted by Crippen LogP contribution is -2.10. The lowest BCUT2D eigenvalue weighted by atomic mass is 9.84. The lowest BCUT2D eigenvalue weighted by molar-refractivity contribution is 0.447. The molecule has 0 N–H and O–H groups in total. The minimum atomic E-state index is 0.585. The highest BCUT2D eigenvalue weighted by atomic mass is 14.4. The summed E-state index contributed by atoms with van der Waals surface area (Å²) in [7, 11) is 0. The maximum Gasteiger partial charge on any atom is -0.0102 e. The number of allylic oxidation sites excluding steroid dienone is 5.